The highest BCUT2D eigenvalue weighted by molar-refractivity contribution is 5.61. The monoisotopic (exact) mass is 332 g/mol. The molecule has 1 unspecified atom stereocenters. The fraction of sp³-hybridized carbons (Fsp3) is 0.391. The molecule has 1 fully saturated rings. The van der Waals surface area contributed by atoms with E-state index >= 15 is 0 Å². The number of hydrogen-bond donors (Lipinski definition) is 0. The lowest BCUT2D eigenvalue weighted by atomic mass is 10.0. The van der Waals surface area contributed by atoms with Crippen molar-refractivity contribution in [2.75, 3.05) is 11.9 Å². The van der Waals surface area contributed by atoms with Crippen molar-refractivity contribution in [2.24, 2.45) is 5.92 Å². The first-order chi connectivity index (χ1) is 12.2. The average molecular weight is 332 g/mol. The van der Waals surface area contributed by atoms with Gasteiger partial charge in [-0.1, -0.05) is 61.4 Å². The Morgan fingerprint density at radius 2 is 1.48 bits per heavy atom. The molecule has 0 N–H and O–H groups in total. The Bertz CT molecular complexity index is 772. The molecule has 0 bridgehead atoms. The van der Waals surface area contributed by atoms with Crippen LogP contribution in [0.4, 0.5) is 5.69 Å². The van der Waals surface area contributed by atoms with Crippen molar-refractivity contribution in [3.63, 3.8) is 0 Å². The molecular formula is C23H28N2. The minimum Gasteiger partial charge on any atom is -0.352 e. The first-order valence-electron chi connectivity index (χ1n) is 9.52. The molecule has 1 atom stereocenters. The highest BCUT2D eigenvalue weighted by atomic mass is 15.4. The largest absolute Gasteiger partial charge is 0.352 e. The van der Waals surface area contributed by atoms with E-state index in [1.807, 2.05) is 0 Å². The van der Waals surface area contributed by atoms with E-state index in [1.165, 1.54) is 48.2 Å². The molecule has 2 aromatic carbocycles. The second-order valence-corrected chi connectivity index (χ2v) is 7.50. The van der Waals surface area contributed by atoms with E-state index in [4.69, 9.17) is 0 Å². The fourth-order valence-corrected chi connectivity index (χ4v) is 4.79. The van der Waals surface area contributed by atoms with E-state index in [0.29, 0.717) is 5.92 Å². The van der Waals surface area contributed by atoms with E-state index in [9.17, 15) is 0 Å². The zero-order chi connectivity index (χ0) is 17.4. The van der Waals surface area contributed by atoms with E-state index in [2.05, 4.69) is 85.3 Å². The molecule has 2 aromatic rings. The average Bonchev–Trinajstić information content (AvgIpc) is 3.23. The normalized spacial score (nSPS) is 21.5. The van der Waals surface area contributed by atoms with Crippen LogP contribution in [0.3, 0.4) is 0 Å². The van der Waals surface area contributed by atoms with Gasteiger partial charge >= 0.3 is 0 Å². The lowest BCUT2D eigenvalue weighted by Gasteiger charge is -2.34. The van der Waals surface area contributed by atoms with Gasteiger partial charge in [0.2, 0.25) is 0 Å². The van der Waals surface area contributed by atoms with Crippen LogP contribution in [0.5, 0.6) is 0 Å². The van der Waals surface area contributed by atoms with Crippen LogP contribution in [0, 0.1) is 12.8 Å². The number of benzene rings is 2. The van der Waals surface area contributed by atoms with Crippen molar-refractivity contribution in [3.05, 3.63) is 77.1 Å². The third-order valence-electron chi connectivity index (χ3n) is 5.94. The molecule has 2 aliphatic rings. The van der Waals surface area contributed by atoms with Crippen LogP contribution in [0.2, 0.25) is 0 Å². The molecule has 0 aromatic heterocycles. The van der Waals surface area contributed by atoms with Crippen LogP contribution < -0.4 is 4.90 Å². The summed E-state index contributed by atoms with van der Waals surface area (Å²) in [5.41, 5.74) is 7.00. The maximum Gasteiger partial charge on any atom is 0.132 e. The molecule has 130 valence electrons. The summed E-state index contributed by atoms with van der Waals surface area (Å²) in [6, 6.07) is 19.7. The summed E-state index contributed by atoms with van der Waals surface area (Å²) >= 11 is 0. The van der Waals surface area contributed by atoms with Crippen LogP contribution in [-0.4, -0.2) is 11.9 Å². The maximum absolute atomic E-state index is 2.55. The van der Waals surface area contributed by atoms with Crippen LogP contribution in [0.1, 0.15) is 49.9 Å². The van der Waals surface area contributed by atoms with Gasteiger partial charge in [0.1, 0.15) is 6.17 Å². The molecule has 2 heteroatoms. The quantitative estimate of drug-likeness (QED) is 0.694. The van der Waals surface area contributed by atoms with Crippen molar-refractivity contribution in [1.29, 1.82) is 0 Å². The molecule has 0 saturated heterocycles. The van der Waals surface area contributed by atoms with Gasteiger partial charge in [-0.05, 0) is 43.9 Å². The fourth-order valence-electron chi connectivity index (χ4n) is 4.79. The Morgan fingerprint density at radius 1 is 0.840 bits per heavy atom. The predicted octanol–water partition coefficient (Wildman–Crippen LogP) is 5.87. The van der Waals surface area contributed by atoms with Crippen LogP contribution in [0.25, 0.3) is 0 Å². The van der Waals surface area contributed by atoms with Gasteiger partial charge in [-0.3, -0.25) is 0 Å². The second-order valence-electron chi connectivity index (χ2n) is 7.50. The first kappa shape index (κ1) is 16.3. The van der Waals surface area contributed by atoms with Gasteiger partial charge in [-0.15, -0.1) is 0 Å². The van der Waals surface area contributed by atoms with E-state index in [1.54, 1.807) is 5.70 Å². The number of allylic oxidation sites excluding steroid dienone is 2. The van der Waals surface area contributed by atoms with Crippen molar-refractivity contribution in [2.45, 2.75) is 45.7 Å². The van der Waals surface area contributed by atoms with Gasteiger partial charge in [-0.2, -0.15) is 0 Å². The second kappa shape index (κ2) is 6.59. The Balaban J connectivity index is 1.84. The standard InChI is InChI=1S/C23H28N2/c1-17-11-7-10-16-21(17)25-18(2)22(19-12-8-9-13-19)24(3)23(25)20-14-5-4-6-15-20/h4-7,10-11,14-16,19,23H,8-9,12-13H2,1-3H3. The van der Waals surface area contributed by atoms with Crippen molar-refractivity contribution in [3.8, 4) is 0 Å². The minimum atomic E-state index is 0.248. The molecule has 1 heterocycles. The molecule has 0 radical (unpaired) electrons. The third kappa shape index (κ3) is 2.74. The van der Waals surface area contributed by atoms with Gasteiger partial charge in [0, 0.05) is 30.0 Å². The smallest absolute Gasteiger partial charge is 0.132 e. The molecule has 2 nitrogen and oxygen atoms in total. The lowest BCUT2D eigenvalue weighted by molar-refractivity contribution is 0.306. The summed E-state index contributed by atoms with van der Waals surface area (Å²) in [5, 5.41) is 0. The Morgan fingerprint density at radius 3 is 2.16 bits per heavy atom. The zero-order valence-corrected chi connectivity index (χ0v) is 15.6. The van der Waals surface area contributed by atoms with Crippen LogP contribution in [-0.2, 0) is 0 Å². The maximum atomic E-state index is 2.55. The predicted molar refractivity (Wildman–Crippen MR) is 105 cm³/mol. The molecule has 0 amide bonds. The molecule has 25 heavy (non-hydrogen) atoms. The Hall–Kier alpha value is -2.22. The summed E-state index contributed by atoms with van der Waals surface area (Å²) in [7, 11) is 2.28. The van der Waals surface area contributed by atoms with Gasteiger partial charge < -0.3 is 9.80 Å². The van der Waals surface area contributed by atoms with E-state index in [-0.39, 0.29) is 6.17 Å². The molecule has 1 aliphatic carbocycles. The van der Waals surface area contributed by atoms with Crippen molar-refractivity contribution in [1.82, 2.24) is 4.90 Å². The van der Waals surface area contributed by atoms with Gasteiger partial charge in [0.15, 0.2) is 0 Å². The number of para-hydroxylation sites is 1. The SMILES string of the molecule is CC1=C(C2CCCC2)N(C)C(c2ccccc2)N1c1ccccc1C. The van der Waals surface area contributed by atoms with Crippen LogP contribution in [0.15, 0.2) is 66.0 Å². The summed E-state index contributed by atoms with van der Waals surface area (Å²) in [6.07, 6.45) is 5.66. The van der Waals surface area contributed by atoms with Gasteiger partial charge in [0.25, 0.3) is 0 Å². The third-order valence-corrected chi connectivity index (χ3v) is 5.94. The van der Waals surface area contributed by atoms with Gasteiger partial charge in [-0.25, -0.2) is 0 Å². The summed E-state index contributed by atoms with van der Waals surface area (Å²) < 4.78 is 0. The molecule has 1 aliphatic heterocycles. The summed E-state index contributed by atoms with van der Waals surface area (Å²) in [4.78, 5) is 5.09. The summed E-state index contributed by atoms with van der Waals surface area (Å²) in [6.45, 7) is 4.54. The number of anilines is 1. The molecule has 0 spiro atoms. The minimum absolute atomic E-state index is 0.248. The molecular weight excluding hydrogens is 304 g/mol. The zero-order valence-electron chi connectivity index (χ0n) is 15.6. The van der Waals surface area contributed by atoms with Gasteiger partial charge in [0.05, 0.1) is 0 Å². The summed E-state index contributed by atoms with van der Waals surface area (Å²) in [5.74, 6) is 0.713. The number of rotatable bonds is 3. The Kier molecular flexibility index (Phi) is 4.29. The molecule has 1 saturated carbocycles. The molecule has 4 rings (SSSR count). The van der Waals surface area contributed by atoms with E-state index in [0.717, 1.165) is 0 Å². The topological polar surface area (TPSA) is 6.48 Å². The highest BCUT2D eigenvalue weighted by Crippen LogP contribution is 2.47. The Labute approximate surface area is 151 Å². The highest BCUT2D eigenvalue weighted by Gasteiger charge is 2.39. The lowest BCUT2D eigenvalue weighted by Crippen LogP contribution is -2.31. The van der Waals surface area contributed by atoms with Crippen LogP contribution >= 0.6 is 0 Å². The van der Waals surface area contributed by atoms with Crippen molar-refractivity contribution < 1.29 is 0 Å². The number of hydrogen-bond acceptors (Lipinski definition) is 2. The van der Waals surface area contributed by atoms with E-state index < -0.39 is 0 Å². The van der Waals surface area contributed by atoms with Crippen molar-refractivity contribution >= 4 is 5.69 Å². The number of nitrogens with zero attached hydrogens (tertiary/aromatic N) is 2. The number of aryl methyl sites for hydroxylation is 1. The first-order valence-corrected chi connectivity index (χ1v) is 9.52.